The van der Waals surface area contributed by atoms with Crippen molar-refractivity contribution in [3.63, 3.8) is 0 Å². The molecule has 1 saturated carbocycles. The number of hydrogen-bond acceptors (Lipinski definition) is 4. The normalized spacial score (nSPS) is 16.5. The van der Waals surface area contributed by atoms with Gasteiger partial charge < -0.3 is 14.8 Å². The number of esters is 1. The molecule has 0 radical (unpaired) electrons. The van der Waals surface area contributed by atoms with Crippen molar-refractivity contribution in [3.8, 4) is 5.75 Å². The minimum absolute atomic E-state index is 0.0157. The fourth-order valence-corrected chi connectivity index (χ4v) is 4.29. The molecule has 1 amide bonds. The fraction of sp³-hybridized carbons (Fsp3) is 0.481. The Morgan fingerprint density at radius 3 is 2.30 bits per heavy atom. The summed E-state index contributed by atoms with van der Waals surface area (Å²) in [6.07, 6.45) is -3.25. The number of nitrogens with one attached hydrogen (secondary N) is 1. The number of hydrogen-bond donors (Lipinski definition) is 1. The van der Waals surface area contributed by atoms with Crippen molar-refractivity contribution in [2.45, 2.75) is 64.7 Å². The van der Waals surface area contributed by atoms with Gasteiger partial charge in [-0.15, -0.1) is 0 Å². The molecule has 2 aromatic carbocycles. The summed E-state index contributed by atoms with van der Waals surface area (Å²) >= 11 is 6.00. The van der Waals surface area contributed by atoms with E-state index in [1.807, 2.05) is 0 Å². The molecule has 0 spiro atoms. The third-order valence-corrected chi connectivity index (χ3v) is 6.66. The predicted octanol–water partition coefficient (Wildman–Crippen LogP) is 7.07. The maximum atomic E-state index is 14.7. The third-order valence-electron chi connectivity index (χ3n) is 6.35. The van der Waals surface area contributed by atoms with Crippen LogP contribution in [-0.4, -0.2) is 30.8 Å². The first-order chi connectivity index (χ1) is 17.1. The minimum atomic E-state index is -4.71. The van der Waals surface area contributed by atoms with Gasteiger partial charge in [0, 0.05) is 0 Å². The maximum absolute atomic E-state index is 14.7. The van der Waals surface area contributed by atoms with E-state index in [4.69, 9.17) is 21.1 Å². The largest absolute Gasteiger partial charge is 0.495 e. The van der Waals surface area contributed by atoms with Crippen molar-refractivity contribution in [3.05, 3.63) is 58.4 Å². The van der Waals surface area contributed by atoms with Crippen LogP contribution in [0.4, 0.5) is 23.2 Å². The SMILES string of the molecule is COc1cc([C@@H](C(=O)Nc2cc(CC3(C(=O)OC(C)(C)C)CC3)ccc2F)[C@@H](C)C(F)(F)F)ccc1Cl. The summed E-state index contributed by atoms with van der Waals surface area (Å²) in [4.78, 5) is 25.9. The number of ether oxygens (including phenoxy) is 2. The number of amides is 1. The van der Waals surface area contributed by atoms with Gasteiger partial charge in [-0.2, -0.15) is 13.2 Å². The Morgan fingerprint density at radius 1 is 1.11 bits per heavy atom. The Balaban J connectivity index is 1.88. The Morgan fingerprint density at radius 2 is 1.76 bits per heavy atom. The maximum Gasteiger partial charge on any atom is 0.392 e. The number of carbonyl (C=O) groups excluding carboxylic acids is 2. The van der Waals surface area contributed by atoms with Crippen LogP contribution in [0.15, 0.2) is 36.4 Å². The Bertz CT molecular complexity index is 1170. The smallest absolute Gasteiger partial charge is 0.392 e. The number of halogens is 5. The molecule has 0 heterocycles. The molecular weight excluding hydrogens is 514 g/mol. The number of alkyl halides is 3. The Hall–Kier alpha value is -2.81. The molecule has 0 unspecified atom stereocenters. The van der Waals surface area contributed by atoms with Crippen LogP contribution in [0.25, 0.3) is 0 Å². The third kappa shape index (κ3) is 6.94. The van der Waals surface area contributed by atoms with E-state index < -0.39 is 40.8 Å². The molecule has 1 aliphatic rings. The fourth-order valence-electron chi connectivity index (χ4n) is 4.10. The molecule has 2 atom stereocenters. The van der Waals surface area contributed by atoms with Gasteiger partial charge in [-0.05, 0) is 75.4 Å². The molecule has 5 nitrogen and oxygen atoms in total. The quantitative estimate of drug-likeness (QED) is 0.285. The molecule has 3 rings (SSSR count). The molecule has 37 heavy (non-hydrogen) atoms. The van der Waals surface area contributed by atoms with Crippen LogP contribution in [0, 0.1) is 17.2 Å². The zero-order chi connectivity index (χ0) is 27.8. The van der Waals surface area contributed by atoms with E-state index in [9.17, 15) is 27.2 Å². The van der Waals surface area contributed by atoms with Crippen molar-refractivity contribution < 1.29 is 36.6 Å². The van der Waals surface area contributed by atoms with Crippen LogP contribution >= 0.6 is 11.6 Å². The molecule has 0 bridgehead atoms. The lowest BCUT2D eigenvalue weighted by atomic mass is 9.85. The van der Waals surface area contributed by atoms with E-state index in [0.29, 0.717) is 18.4 Å². The molecule has 0 aliphatic heterocycles. The van der Waals surface area contributed by atoms with Crippen molar-refractivity contribution in [2.24, 2.45) is 11.3 Å². The van der Waals surface area contributed by atoms with E-state index in [2.05, 4.69) is 5.32 Å². The van der Waals surface area contributed by atoms with E-state index >= 15 is 0 Å². The van der Waals surface area contributed by atoms with Gasteiger partial charge in [0.05, 0.1) is 35.1 Å². The highest BCUT2D eigenvalue weighted by atomic mass is 35.5. The van der Waals surface area contributed by atoms with Crippen LogP contribution in [0.2, 0.25) is 5.02 Å². The second-order valence-electron chi connectivity index (χ2n) is 10.5. The molecule has 10 heteroatoms. The number of methoxy groups -OCH3 is 1. The van der Waals surface area contributed by atoms with Gasteiger partial charge in [0.2, 0.25) is 5.91 Å². The van der Waals surface area contributed by atoms with E-state index in [1.54, 1.807) is 20.8 Å². The molecule has 1 fully saturated rings. The van der Waals surface area contributed by atoms with Crippen LogP contribution in [0.1, 0.15) is 57.6 Å². The molecule has 0 saturated heterocycles. The minimum Gasteiger partial charge on any atom is -0.495 e. The second-order valence-corrected chi connectivity index (χ2v) is 10.9. The highest BCUT2D eigenvalue weighted by Gasteiger charge is 2.52. The van der Waals surface area contributed by atoms with E-state index in [-0.39, 0.29) is 34.4 Å². The predicted molar refractivity (Wildman–Crippen MR) is 132 cm³/mol. The molecule has 0 aromatic heterocycles. The van der Waals surface area contributed by atoms with Crippen molar-refractivity contribution in [2.75, 3.05) is 12.4 Å². The van der Waals surface area contributed by atoms with E-state index in [1.165, 1.54) is 37.4 Å². The lowest BCUT2D eigenvalue weighted by molar-refractivity contribution is -0.178. The van der Waals surface area contributed by atoms with Crippen molar-refractivity contribution in [1.29, 1.82) is 0 Å². The molecule has 1 aliphatic carbocycles. The average molecular weight is 544 g/mol. The second kappa shape index (κ2) is 10.5. The standard InChI is InChI=1S/C27H30ClF4NO4/c1-15(27(30,31)32)22(17-7-8-18(28)21(13-17)36-5)23(34)33-20-12-16(6-9-19(20)29)14-26(10-11-26)24(35)37-25(2,3)4/h6-9,12-13,15,22H,10-11,14H2,1-5H3,(H,33,34)/t15-,22+/m1/s1. The van der Waals surface area contributed by atoms with E-state index in [0.717, 1.165) is 13.0 Å². The molecule has 1 N–H and O–H groups in total. The summed E-state index contributed by atoms with van der Waals surface area (Å²) in [7, 11) is 1.30. The van der Waals surface area contributed by atoms with Gasteiger partial charge in [-0.3, -0.25) is 9.59 Å². The first kappa shape index (κ1) is 28.8. The van der Waals surface area contributed by atoms with Gasteiger partial charge in [-0.25, -0.2) is 4.39 Å². The zero-order valence-corrected chi connectivity index (χ0v) is 22.0. The monoisotopic (exact) mass is 543 g/mol. The molecule has 2 aromatic rings. The summed E-state index contributed by atoms with van der Waals surface area (Å²) < 4.78 is 66.4. The highest BCUT2D eigenvalue weighted by molar-refractivity contribution is 6.32. The summed E-state index contributed by atoms with van der Waals surface area (Å²) in [6.45, 7) is 6.18. The van der Waals surface area contributed by atoms with Gasteiger partial charge in [0.15, 0.2) is 0 Å². The lowest BCUT2D eigenvalue weighted by Gasteiger charge is -2.26. The van der Waals surface area contributed by atoms with Crippen LogP contribution < -0.4 is 10.1 Å². The van der Waals surface area contributed by atoms with Crippen molar-refractivity contribution in [1.82, 2.24) is 0 Å². The summed E-state index contributed by atoms with van der Waals surface area (Å²) in [5.41, 5.74) is -1.11. The Labute approximate surface area is 218 Å². The first-order valence-electron chi connectivity index (χ1n) is 11.8. The molecular formula is C27H30ClF4NO4. The van der Waals surface area contributed by atoms with Crippen molar-refractivity contribution >= 4 is 29.2 Å². The Kier molecular flexibility index (Phi) is 8.17. The number of anilines is 1. The van der Waals surface area contributed by atoms with Gasteiger partial charge in [0.25, 0.3) is 0 Å². The topological polar surface area (TPSA) is 64.6 Å². The van der Waals surface area contributed by atoms with Crippen LogP contribution in [0.3, 0.4) is 0 Å². The number of carbonyl (C=O) groups is 2. The van der Waals surface area contributed by atoms with Crippen LogP contribution in [-0.2, 0) is 20.7 Å². The number of benzene rings is 2. The molecule has 202 valence electrons. The lowest BCUT2D eigenvalue weighted by Crippen LogP contribution is -2.34. The zero-order valence-electron chi connectivity index (χ0n) is 21.3. The van der Waals surface area contributed by atoms with Gasteiger partial charge in [0.1, 0.15) is 17.2 Å². The van der Waals surface area contributed by atoms with Crippen LogP contribution in [0.5, 0.6) is 5.75 Å². The first-order valence-corrected chi connectivity index (χ1v) is 12.2. The summed E-state index contributed by atoms with van der Waals surface area (Å²) in [5.74, 6) is -5.90. The summed E-state index contributed by atoms with van der Waals surface area (Å²) in [6, 6.07) is 7.85. The van der Waals surface area contributed by atoms with Gasteiger partial charge in [-0.1, -0.05) is 30.7 Å². The highest BCUT2D eigenvalue weighted by Crippen LogP contribution is 2.50. The average Bonchev–Trinajstić information content (AvgIpc) is 3.56. The number of rotatable bonds is 8. The summed E-state index contributed by atoms with van der Waals surface area (Å²) in [5, 5.41) is 2.49. The van der Waals surface area contributed by atoms with Gasteiger partial charge >= 0.3 is 12.1 Å².